The molecule has 2 aliphatic carbocycles. The SMILES string of the molecule is O=C(O)C(CNS(=O)(=O)CC1CCC(F)CC1)CC1CC1. The third kappa shape index (κ3) is 5.90. The molecule has 0 saturated heterocycles. The Labute approximate surface area is 125 Å². The molecule has 2 fully saturated rings. The fourth-order valence-corrected chi connectivity index (χ4v) is 4.44. The number of carboxylic acids is 1. The van der Waals surface area contributed by atoms with Gasteiger partial charge in [-0.1, -0.05) is 12.8 Å². The van der Waals surface area contributed by atoms with E-state index >= 15 is 0 Å². The molecule has 122 valence electrons. The number of halogens is 1. The lowest BCUT2D eigenvalue weighted by Crippen LogP contribution is -2.37. The first-order valence-electron chi connectivity index (χ1n) is 7.70. The Hall–Kier alpha value is -0.690. The molecule has 0 heterocycles. The second kappa shape index (κ2) is 7.05. The molecule has 0 aromatic heterocycles. The van der Waals surface area contributed by atoms with Crippen LogP contribution in [0.4, 0.5) is 4.39 Å². The minimum Gasteiger partial charge on any atom is -0.481 e. The van der Waals surface area contributed by atoms with Gasteiger partial charge in [0, 0.05) is 6.54 Å². The van der Waals surface area contributed by atoms with Gasteiger partial charge in [-0.3, -0.25) is 4.79 Å². The summed E-state index contributed by atoms with van der Waals surface area (Å²) in [7, 11) is -3.48. The lowest BCUT2D eigenvalue weighted by atomic mass is 9.90. The number of hydrogen-bond acceptors (Lipinski definition) is 3. The van der Waals surface area contributed by atoms with Gasteiger partial charge in [-0.2, -0.15) is 0 Å². The molecule has 0 radical (unpaired) electrons. The van der Waals surface area contributed by atoms with Crippen molar-refractivity contribution in [3.05, 3.63) is 0 Å². The highest BCUT2D eigenvalue weighted by Crippen LogP contribution is 2.35. The minimum atomic E-state index is -3.48. The number of sulfonamides is 1. The summed E-state index contributed by atoms with van der Waals surface area (Å²) in [5.74, 6) is -1.18. The van der Waals surface area contributed by atoms with Crippen LogP contribution in [0, 0.1) is 17.8 Å². The summed E-state index contributed by atoms with van der Waals surface area (Å²) in [4.78, 5) is 11.1. The maximum absolute atomic E-state index is 13.0. The van der Waals surface area contributed by atoms with Crippen molar-refractivity contribution in [2.45, 2.75) is 51.1 Å². The summed E-state index contributed by atoms with van der Waals surface area (Å²) in [5.41, 5.74) is 0. The number of carbonyl (C=O) groups is 1. The summed E-state index contributed by atoms with van der Waals surface area (Å²) >= 11 is 0. The van der Waals surface area contributed by atoms with Gasteiger partial charge in [-0.05, 0) is 43.9 Å². The van der Waals surface area contributed by atoms with E-state index in [0.717, 1.165) is 12.8 Å². The van der Waals surface area contributed by atoms with Crippen molar-refractivity contribution >= 4 is 16.0 Å². The Morgan fingerprint density at radius 3 is 2.24 bits per heavy atom. The van der Waals surface area contributed by atoms with Crippen molar-refractivity contribution < 1.29 is 22.7 Å². The van der Waals surface area contributed by atoms with Gasteiger partial charge < -0.3 is 5.11 Å². The van der Waals surface area contributed by atoms with E-state index in [1.165, 1.54) is 0 Å². The Balaban J connectivity index is 1.77. The predicted octanol–water partition coefficient (Wildman–Crippen LogP) is 1.93. The van der Waals surface area contributed by atoms with Crippen LogP contribution in [0.3, 0.4) is 0 Å². The number of aliphatic carboxylic acids is 1. The molecule has 1 atom stereocenters. The lowest BCUT2D eigenvalue weighted by molar-refractivity contribution is -0.141. The highest BCUT2D eigenvalue weighted by atomic mass is 32.2. The molecule has 0 aromatic carbocycles. The smallest absolute Gasteiger partial charge is 0.307 e. The monoisotopic (exact) mass is 321 g/mol. The summed E-state index contributed by atoms with van der Waals surface area (Å²) in [6.45, 7) is -0.0351. The zero-order valence-electron chi connectivity index (χ0n) is 12.1. The molecule has 0 bridgehead atoms. The van der Waals surface area contributed by atoms with E-state index in [2.05, 4.69) is 4.72 Å². The number of rotatable bonds is 8. The maximum atomic E-state index is 13.0. The van der Waals surface area contributed by atoms with Gasteiger partial charge in [-0.25, -0.2) is 17.5 Å². The molecular weight excluding hydrogens is 297 g/mol. The van der Waals surface area contributed by atoms with Crippen LogP contribution < -0.4 is 4.72 Å². The molecule has 0 aromatic rings. The number of alkyl halides is 1. The highest BCUT2D eigenvalue weighted by Gasteiger charge is 2.31. The van der Waals surface area contributed by atoms with E-state index in [9.17, 15) is 17.6 Å². The summed E-state index contributed by atoms with van der Waals surface area (Å²) in [6.07, 6.45) is 3.88. The molecule has 0 spiro atoms. The van der Waals surface area contributed by atoms with Crippen LogP contribution in [0.2, 0.25) is 0 Å². The highest BCUT2D eigenvalue weighted by molar-refractivity contribution is 7.89. The fourth-order valence-electron chi connectivity index (χ4n) is 2.91. The van der Waals surface area contributed by atoms with Crippen LogP contribution in [-0.4, -0.2) is 38.0 Å². The Bertz CT molecular complexity index is 456. The second-order valence-electron chi connectivity index (χ2n) is 6.46. The fraction of sp³-hybridized carbons (Fsp3) is 0.929. The Kier molecular flexibility index (Phi) is 5.60. The molecule has 5 nitrogen and oxygen atoms in total. The molecule has 7 heteroatoms. The molecule has 1 unspecified atom stereocenters. The van der Waals surface area contributed by atoms with Crippen LogP contribution >= 0.6 is 0 Å². The van der Waals surface area contributed by atoms with E-state index < -0.39 is 28.1 Å². The first-order valence-corrected chi connectivity index (χ1v) is 9.35. The van der Waals surface area contributed by atoms with Crippen LogP contribution in [0.5, 0.6) is 0 Å². The normalized spacial score (nSPS) is 28.2. The van der Waals surface area contributed by atoms with Gasteiger partial charge in [0.2, 0.25) is 10.0 Å². The van der Waals surface area contributed by atoms with Gasteiger partial charge in [-0.15, -0.1) is 0 Å². The van der Waals surface area contributed by atoms with Crippen molar-refractivity contribution in [2.75, 3.05) is 12.3 Å². The molecule has 2 aliphatic rings. The van der Waals surface area contributed by atoms with Crippen molar-refractivity contribution in [3.63, 3.8) is 0 Å². The Morgan fingerprint density at radius 2 is 1.71 bits per heavy atom. The first kappa shape index (κ1) is 16.7. The van der Waals surface area contributed by atoms with E-state index in [0.29, 0.717) is 38.0 Å². The summed E-state index contributed by atoms with van der Waals surface area (Å²) in [5, 5.41) is 9.12. The van der Waals surface area contributed by atoms with E-state index in [1.54, 1.807) is 0 Å². The van der Waals surface area contributed by atoms with Gasteiger partial charge in [0.1, 0.15) is 6.17 Å². The number of nitrogens with one attached hydrogen (secondary N) is 1. The topological polar surface area (TPSA) is 83.5 Å². The largest absolute Gasteiger partial charge is 0.481 e. The van der Waals surface area contributed by atoms with Crippen LogP contribution in [0.15, 0.2) is 0 Å². The van der Waals surface area contributed by atoms with Crippen molar-refractivity contribution in [1.82, 2.24) is 4.72 Å². The summed E-state index contributed by atoms with van der Waals surface area (Å²) in [6, 6.07) is 0. The van der Waals surface area contributed by atoms with Crippen LogP contribution in [0.1, 0.15) is 44.9 Å². The molecule has 0 aliphatic heterocycles. The standard InChI is InChI=1S/C14H24FNO4S/c15-13-5-3-11(4-6-13)9-21(19,20)16-8-12(14(17)18)7-10-1-2-10/h10-13,16H,1-9H2,(H,17,18). The molecule has 0 amide bonds. The average molecular weight is 321 g/mol. The minimum absolute atomic E-state index is 0.0128. The predicted molar refractivity (Wildman–Crippen MR) is 77.1 cm³/mol. The van der Waals surface area contributed by atoms with E-state index in [1.807, 2.05) is 0 Å². The Morgan fingerprint density at radius 1 is 1.14 bits per heavy atom. The van der Waals surface area contributed by atoms with Gasteiger partial charge in [0.25, 0.3) is 0 Å². The van der Waals surface area contributed by atoms with Gasteiger partial charge in [0.05, 0.1) is 11.7 Å². The third-order valence-electron chi connectivity index (χ3n) is 4.45. The van der Waals surface area contributed by atoms with E-state index in [4.69, 9.17) is 5.11 Å². The van der Waals surface area contributed by atoms with Crippen molar-refractivity contribution in [3.8, 4) is 0 Å². The zero-order valence-corrected chi connectivity index (χ0v) is 12.9. The van der Waals surface area contributed by atoms with Crippen LogP contribution in [-0.2, 0) is 14.8 Å². The van der Waals surface area contributed by atoms with Crippen molar-refractivity contribution in [2.24, 2.45) is 17.8 Å². The number of carboxylic acid groups (broad SMARTS) is 1. The van der Waals surface area contributed by atoms with Crippen LogP contribution in [0.25, 0.3) is 0 Å². The van der Waals surface area contributed by atoms with E-state index in [-0.39, 0.29) is 18.2 Å². The molecule has 2 rings (SSSR count). The molecule has 2 N–H and O–H groups in total. The van der Waals surface area contributed by atoms with Gasteiger partial charge in [0.15, 0.2) is 0 Å². The average Bonchev–Trinajstić information content (AvgIpc) is 3.20. The third-order valence-corrected chi connectivity index (χ3v) is 5.96. The molecule has 21 heavy (non-hydrogen) atoms. The lowest BCUT2D eigenvalue weighted by Gasteiger charge is -2.24. The maximum Gasteiger partial charge on any atom is 0.307 e. The second-order valence-corrected chi connectivity index (χ2v) is 8.31. The quantitative estimate of drug-likeness (QED) is 0.715. The first-order chi connectivity index (χ1) is 9.85. The van der Waals surface area contributed by atoms with Gasteiger partial charge >= 0.3 is 5.97 Å². The number of hydrogen-bond donors (Lipinski definition) is 2. The zero-order chi connectivity index (χ0) is 15.5. The molecule has 2 saturated carbocycles. The summed E-state index contributed by atoms with van der Waals surface area (Å²) < 4.78 is 39.5. The molecular formula is C14H24FNO4S. The van der Waals surface area contributed by atoms with Crippen molar-refractivity contribution in [1.29, 1.82) is 0 Å².